The third-order valence-electron chi connectivity index (χ3n) is 2.94. The lowest BCUT2D eigenvalue weighted by atomic mass is 10.2. The first-order valence-corrected chi connectivity index (χ1v) is 7.68. The number of hydrogen-bond acceptors (Lipinski definition) is 4. The summed E-state index contributed by atoms with van der Waals surface area (Å²) in [5.41, 5.74) is 2.42. The zero-order valence-corrected chi connectivity index (χ0v) is 12.7. The molecule has 106 valence electrons. The number of aromatic nitrogens is 2. The first-order valence-electron chi connectivity index (χ1n) is 6.20. The molecule has 2 rings (SSSR count). The normalized spacial score (nSPS) is 11.4. The van der Waals surface area contributed by atoms with E-state index in [1.165, 1.54) is 0 Å². The van der Waals surface area contributed by atoms with Gasteiger partial charge in [0.2, 0.25) is 0 Å². The summed E-state index contributed by atoms with van der Waals surface area (Å²) in [4.78, 5) is 8.42. The zero-order chi connectivity index (χ0) is 14.9. The van der Waals surface area contributed by atoms with Crippen molar-refractivity contribution in [2.75, 3.05) is 4.72 Å². The summed E-state index contributed by atoms with van der Waals surface area (Å²) < 4.78 is 27.4. The Balaban J connectivity index is 2.43. The van der Waals surface area contributed by atoms with Crippen LogP contribution in [0.2, 0.25) is 0 Å². The van der Waals surface area contributed by atoms with Crippen LogP contribution in [-0.4, -0.2) is 18.4 Å². The molecule has 6 heteroatoms. The van der Waals surface area contributed by atoms with E-state index in [-0.39, 0.29) is 4.90 Å². The Kier molecular flexibility index (Phi) is 3.76. The quantitative estimate of drug-likeness (QED) is 0.943. The van der Waals surface area contributed by atoms with Gasteiger partial charge in [-0.05, 0) is 39.3 Å². The smallest absolute Gasteiger partial charge is 0.263 e. The molecule has 0 saturated heterocycles. The fraction of sp³-hybridized carbons (Fsp3) is 0.286. The molecule has 0 bridgehead atoms. The SMILES string of the molecule is Cc1ccc(S(=O)(=O)Nc2nc(C)ncc2C)c(C)c1. The molecular formula is C14H17N3O2S. The van der Waals surface area contributed by atoms with E-state index >= 15 is 0 Å². The minimum absolute atomic E-state index is 0.263. The standard InChI is InChI=1S/C14H17N3O2S/c1-9-5-6-13(10(2)7-9)20(18,19)17-14-11(3)8-15-12(4)16-14/h5-8H,1-4H3,(H,15,16,17). The zero-order valence-electron chi connectivity index (χ0n) is 11.9. The Morgan fingerprint density at radius 3 is 2.40 bits per heavy atom. The number of nitrogens with zero attached hydrogens (tertiary/aromatic N) is 2. The van der Waals surface area contributed by atoms with Gasteiger partial charge >= 0.3 is 0 Å². The maximum absolute atomic E-state index is 12.4. The topological polar surface area (TPSA) is 72.0 Å². The Labute approximate surface area is 119 Å². The first-order chi connectivity index (χ1) is 9.29. The lowest BCUT2D eigenvalue weighted by molar-refractivity contribution is 0.600. The van der Waals surface area contributed by atoms with Crippen molar-refractivity contribution in [2.45, 2.75) is 32.6 Å². The van der Waals surface area contributed by atoms with Gasteiger partial charge in [-0.25, -0.2) is 18.4 Å². The molecule has 0 radical (unpaired) electrons. The second kappa shape index (κ2) is 5.20. The van der Waals surface area contributed by atoms with Gasteiger partial charge in [-0.3, -0.25) is 4.72 Å². The van der Waals surface area contributed by atoms with Crippen LogP contribution in [-0.2, 0) is 10.0 Å². The molecule has 20 heavy (non-hydrogen) atoms. The van der Waals surface area contributed by atoms with E-state index in [0.29, 0.717) is 22.8 Å². The third-order valence-corrected chi connectivity index (χ3v) is 4.44. The van der Waals surface area contributed by atoms with Crippen LogP contribution in [0.5, 0.6) is 0 Å². The molecule has 0 fully saturated rings. The van der Waals surface area contributed by atoms with Gasteiger partial charge in [0.1, 0.15) is 11.6 Å². The van der Waals surface area contributed by atoms with E-state index in [0.717, 1.165) is 5.56 Å². The van der Waals surface area contributed by atoms with E-state index in [1.807, 2.05) is 13.0 Å². The Morgan fingerprint density at radius 1 is 1.05 bits per heavy atom. The average molecular weight is 291 g/mol. The summed E-state index contributed by atoms with van der Waals surface area (Å²) in [5.74, 6) is 0.839. The first kappa shape index (κ1) is 14.5. The van der Waals surface area contributed by atoms with Gasteiger partial charge in [-0.15, -0.1) is 0 Å². The summed E-state index contributed by atoms with van der Waals surface area (Å²) in [6.07, 6.45) is 1.60. The molecule has 0 spiro atoms. The lowest BCUT2D eigenvalue weighted by Gasteiger charge is -2.12. The third kappa shape index (κ3) is 2.96. The monoisotopic (exact) mass is 291 g/mol. The van der Waals surface area contributed by atoms with Crippen molar-refractivity contribution in [1.82, 2.24) is 9.97 Å². The summed E-state index contributed by atoms with van der Waals surface area (Å²) in [6.45, 7) is 7.18. The highest BCUT2D eigenvalue weighted by Gasteiger charge is 2.18. The summed E-state index contributed by atoms with van der Waals surface area (Å²) >= 11 is 0. The van der Waals surface area contributed by atoms with Crippen LogP contribution < -0.4 is 4.72 Å². The number of aryl methyl sites for hydroxylation is 4. The molecule has 0 aliphatic carbocycles. The molecule has 1 N–H and O–H groups in total. The van der Waals surface area contributed by atoms with E-state index in [4.69, 9.17) is 0 Å². The van der Waals surface area contributed by atoms with Gasteiger partial charge in [0.25, 0.3) is 10.0 Å². The molecule has 2 aromatic rings. The van der Waals surface area contributed by atoms with Gasteiger partial charge in [-0.1, -0.05) is 17.7 Å². The fourth-order valence-corrected chi connectivity index (χ4v) is 3.22. The van der Waals surface area contributed by atoms with Crippen LogP contribution in [0, 0.1) is 27.7 Å². The van der Waals surface area contributed by atoms with Crippen molar-refractivity contribution < 1.29 is 8.42 Å². The molecule has 5 nitrogen and oxygen atoms in total. The highest BCUT2D eigenvalue weighted by molar-refractivity contribution is 7.92. The minimum Gasteiger partial charge on any atom is -0.263 e. The van der Waals surface area contributed by atoms with Crippen molar-refractivity contribution in [3.05, 3.63) is 46.9 Å². The molecule has 0 atom stereocenters. The van der Waals surface area contributed by atoms with E-state index < -0.39 is 10.0 Å². The van der Waals surface area contributed by atoms with Crippen LogP contribution in [0.1, 0.15) is 22.5 Å². The second-order valence-corrected chi connectivity index (χ2v) is 6.47. The van der Waals surface area contributed by atoms with Crippen LogP contribution >= 0.6 is 0 Å². The van der Waals surface area contributed by atoms with Crippen LogP contribution in [0.4, 0.5) is 5.82 Å². The Hall–Kier alpha value is -1.95. The number of benzene rings is 1. The van der Waals surface area contributed by atoms with Gasteiger partial charge in [-0.2, -0.15) is 0 Å². The van der Waals surface area contributed by atoms with E-state index in [1.54, 1.807) is 39.1 Å². The number of nitrogens with one attached hydrogen (secondary N) is 1. The Morgan fingerprint density at radius 2 is 1.75 bits per heavy atom. The largest absolute Gasteiger partial charge is 0.263 e. The van der Waals surface area contributed by atoms with Gasteiger partial charge < -0.3 is 0 Å². The van der Waals surface area contributed by atoms with Crippen molar-refractivity contribution in [1.29, 1.82) is 0 Å². The summed E-state index contributed by atoms with van der Waals surface area (Å²) in [7, 11) is -3.64. The van der Waals surface area contributed by atoms with Crippen molar-refractivity contribution in [3.8, 4) is 0 Å². The molecule has 0 unspecified atom stereocenters. The van der Waals surface area contributed by atoms with Crippen molar-refractivity contribution in [2.24, 2.45) is 0 Å². The second-order valence-electron chi connectivity index (χ2n) is 4.82. The van der Waals surface area contributed by atoms with Gasteiger partial charge in [0.05, 0.1) is 4.90 Å². The van der Waals surface area contributed by atoms with Crippen molar-refractivity contribution in [3.63, 3.8) is 0 Å². The maximum atomic E-state index is 12.4. The summed E-state index contributed by atoms with van der Waals surface area (Å²) in [6, 6.07) is 5.22. The number of anilines is 1. The summed E-state index contributed by atoms with van der Waals surface area (Å²) in [5, 5.41) is 0. The minimum atomic E-state index is -3.64. The van der Waals surface area contributed by atoms with Gasteiger partial charge in [0.15, 0.2) is 0 Å². The van der Waals surface area contributed by atoms with E-state index in [9.17, 15) is 8.42 Å². The predicted octanol–water partition coefficient (Wildman–Crippen LogP) is 2.51. The molecule has 0 aliphatic rings. The number of sulfonamides is 1. The highest BCUT2D eigenvalue weighted by Crippen LogP contribution is 2.20. The number of hydrogen-bond donors (Lipinski definition) is 1. The van der Waals surface area contributed by atoms with Crippen LogP contribution in [0.25, 0.3) is 0 Å². The molecular weight excluding hydrogens is 274 g/mol. The predicted molar refractivity (Wildman–Crippen MR) is 78.2 cm³/mol. The van der Waals surface area contributed by atoms with Gasteiger partial charge in [0, 0.05) is 11.8 Å². The lowest BCUT2D eigenvalue weighted by Crippen LogP contribution is -2.16. The van der Waals surface area contributed by atoms with E-state index in [2.05, 4.69) is 14.7 Å². The van der Waals surface area contributed by atoms with Crippen LogP contribution in [0.3, 0.4) is 0 Å². The Bertz CT molecular complexity index is 755. The van der Waals surface area contributed by atoms with Crippen LogP contribution in [0.15, 0.2) is 29.3 Å². The molecule has 0 amide bonds. The molecule has 0 aliphatic heterocycles. The fourth-order valence-electron chi connectivity index (χ4n) is 1.92. The molecule has 1 aromatic heterocycles. The van der Waals surface area contributed by atoms with Crippen molar-refractivity contribution >= 4 is 15.8 Å². The molecule has 1 heterocycles. The molecule has 1 aromatic carbocycles. The highest BCUT2D eigenvalue weighted by atomic mass is 32.2. The molecule has 0 saturated carbocycles. The average Bonchev–Trinajstić information content (AvgIpc) is 2.33. The number of rotatable bonds is 3. The maximum Gasteiger partial charge on any atom is 0.263 e.